The highest BCUT2D eigenvalue weighted by Gasteiger charge is 2.41. The van der Waals surface area contributed by atoms with Gasteiger partial charge in [0.25, 0.3) is 0 Å². The lowest BCUT2D eigenvalue weighted by Crippen LogP contribution is -2.45. The van der Waals surface area contributed by atoms with E-state index in [1.165, 1.54) is 6.26 Å². The molecule has 0 saturated carbocycles. The number of hydrogen-bond acceptors (Lipinski definition) is 3. The van der Waals surface area contributed by atoms with Crippen LogP contribution in [0.3, 0.4) is 0 Å². The normalized spacial score (nSPS) is 23.1. The van der Waals surface area contributed by atoms with Crippen molar-refractivity contribution >= 4 is 11.9 Å². The molecular weight excluding hydrogens is 258 g/mol. The molecule has 0 bridgehead atoms. The second kappa shape index (κ2) is 6.59. The molecule has 0 radical (unpaired) electrons. The van der Waals surface area contributed by atoms with Crippen molar-refractivity contribution in [3.63, 3.8) is 0 Å². The van der Waals surface area contributed by atoms with Gasteiger partial charge in [-0.05, 0) is 25.0 Å². The van der Waals surface area contributed by atoms with Gasteiger partial charge in [0.2, 0.25) is 5.91 Å². The third-order valence-corrected chi connectivity index (χ3v) is 3.86. The zero-order chi connectivity index (χ0) is 14.5. The van der Waals surface area contributed by atoms with Crippen molar-refractivity contribution < 1.29 is 19.1 Å². The summed E-state index contributed by atoms with van der Waals surface area (Å²) < 4.78 is 5.38. The first-order valence-electron chi connectivity index (χ1n) is 7.20. The molecule has 2 heterocycles. The van der Waals surface area contributed by atoms with Gasteiger partial charge >= 0.3 is 5.97 Å². The molecule has 1 aromatic heterocycles. The number of unbranched alkanes of at least 4 members (excludes halogenated alkanes) is 2. The minimum Gasteiger partial charge on any atom is -0.481 e. The van der Waals surface area contributed by atoms with E-state index in [0.717, 1.165) is 19.3 Å². The van der Waals surface area contributed by atoms with Gasteiger partial charge in [-0.2, -0.15) is 0 Å². The van der Waals surface area contributed by atoms with E-state index in [9.17, 15) is 14.7 Å². The molecule has 0 aromatic carbocycles. The Kier molecular flexibility index (Phi) is 4.82. The Morgan fingerprint density at radius 1 is 1.50 bits per heavy atom. The van der Waals surface area contributed by atoms with Crippen molar-refractivity contribution in [2.24, 2.45) is 5.92 Å². The Morgan fingerprint density at radius 3 is 2.90 bits per heavy atom. The molecule has 20 heavy (non-hydrogen) atoms. The number of carboxylic acid groups (broad SMARTS) is 1. The van der Waals surface area contributed by atoms with Gasteiger partial charge < -0.3 is 14.4 Å². The average molecular weight is 279 g/mol. The van der Waals surface area contributed by atoms with Gasteiger partial charge in [-0.25, -0.2) is 0 Å². The van der Waals surface area contributed by atoms with Crippen LogP contribution >= 0.6 is 0 Å². The predicted molar refractivity (Wildman–Crippen MR) is 73.0 cm³/mol. The van der Waals surface area contributed by atoms with Crippen LogP contribution in [-0.4, -0.2) is 28.4 Å². The molecule has 1 fully saturated rings. The van der Waals surface area contributed by atoms with E-state index in [-0.39, 0.29) is 5.91 Å². The SMILES string of the molecule is CCCCCN1C(=O)CC[C@H](C(=O)O)[C@@H]1c1ccco1. The Bertz CT molecular complexity index is 454. The lowest BCUT2D eigenvalue weighted by molar-refractivity contribution is -0.152. The Labute approximate surface area is 118 Å². The van der Waals surface area contributed by atoms with E-state index in [0.29, 0.717) is 25.1 Å². The average Bonchev–Trinajstić information content (AvgIpc) is 2.93. The third kappa shape index (κ3) is 3.03. The molecule has 2 rings (SSSR count). The number of carboxylic acids is 1. The Balaban J connectivity index is 2.22. The van der Waals surface area contributed by atoms with E-state index in [1.807, 2.05) is 0 Å². The molecule has 1 amide bonds. The van der Waals surface area contributed by atoms with Crippen LogP contribution in [0.2, 0.25) is 0 Å². The minimum atomic E-state index is -0.862. The van der Waals surface area contributed by atoms with Crippen LogP contribution in [0.25, 0.3) is 0 Å². The van der Waals surface area contributed by atoms with Crippen molar-refractivity contribution in [1.82, 2.24) is 4.90 Å². The zero-order valence-corrected chi connectivity index (χ0v) is 11.7. The summed E-state index contributed by atoms with van der Waals surface area (Å²) in [5.41, 5.74) is 0. The van der Waals surface area contributed by atoms with Crippen molar-refractivity contribution in [3.05, 3.63) is 24.2 Å². The number of amides is 1. The summed E-state index contributed by atoms with van der Waals surface area (Å²) in [5, 5.41) is 9.40. The van der Waals surface area contributed by atoms with Gasteiger partial charge in [-0.3, -0.25) is 9.59 Å². The van der Waals surface area contributed by atoms with Crippen LogP contribution in [0.1, 0.15) is 50.8 Å². The van der Waals surface area contributed by atoms with Crippen molar-refractivity contribution in [2.45, 2.75) is 45.1 Å². The van der Waals surface area contributed by atoms with Gasteiger partial charge in [0.05, 0.1) is 12.2 Å². The molecule has 1 aliphatic rings. The van der Waals surface area contributed by atoms with Crippen LogP contribution in [-0.2, 0) is 9.59 Å². The lowest BCUT2D eigenvalue weighted by atomic mass is 9.87. The number of piperidine rings is 1. The standard InChI is InChI=1S/C15H21NO4/c1-2-3-4-9-16-13(17)8-7-11(15(18)19)14(16)12-6-5-10-20-12/h5-6,10-11,14H,2-4,7-9H2,1H3,(H,18,19)/t11-,14+/m0/s1. The van der Waals surface area contributed by atoms with E-state index in [4.69, 9.17) is 4.42 Å². The van der Waals surface area contributed by atoms with Gasteiger partial charge in [-0.1, -0.05) is 19.8 Å². The summed E-state index contributed by atoms with van der Waals surface area (Å²) in [4.78, 5) is 25.3. The van der Waals surface area contributed by atoms with E-state index >= 15 is 0 Å². The van der Waals surface area contributed by atoms with E-state index in [1.54, 1.807) is 17.0 Å². The van der Waals surface area contributed by atoms with Crippen LogP contribution in [0, 0.1) is 5.92 Å². The number of carbonyl (C=O) groups excluding carboxylic acids is 1. The van der Waals surface area contributed by atoms with Crippen molar-refractivity contribution in [3.8, 4) is 0 Å². The molecule has 0 spiro atoms. The molecule has 1 saturated heterocycles. The summed E-state index contributed by atoms with van der Waals surface area (Å²) >= 11 is 0. The predicted octanol–water partition coefficient (Wildman–Crippen LogP) is 2.83. The molecule has 0 unspecified atom stereocenters. The minimum absolute atomic E-state index is 0.0278. The first-order valence-corrected chi connectivity index (χ1v) is 7.20. The maximum Gasteiger partial charge on any atom is 0.309 e. The van der Waals surface area contributed by atoms with Gasteiger partial charge in [0, 0.05) is 13.0 Å². The largest absolute Gasteiger partial charge is 0.481 e. The molecule has 1 aliphatic heterocycles. The summed E-state index contributed by atoms with van der Waals surface area (Å²) in [6, 6.07) is 3.02. The van der Waals surface area contributed by atoms with Crippen LogP contribution in [0.15, 0.2) is 22.8 Å². The highest BCUT2D eigenvalue weighted by Crippen LogP contribution is 2.37. The van der Waals surface area contributed by atoms with Gasteiger partial charge in [0.1, 0.15) is 11.8 Å². The maximum atomic E-state index is 12.2. The third-order valence-electron chi connectivity index (χ3n) is 3.86. The molecule has 5 nitrogen and oxygen atoms in total. The van der Waals surface area contributed by atoms with E-state index < -0.39 is 17.9 Å². The smallest absolute Gasteiger partial charge is 0.309 e. The molecule has 1 N–H and O–H groups in total. The van der Waals surface area contributed by atoms with Crippen molar-refractivity contribution in [1.29, 1.82) is 0 Å². The fraction of sp³-hybridized carbons (Fsp3) is 0.600. The zero-order valence-electron chi connectivity index (χ0n) is 11.7. The first-order chi connectivity index (χ1) is 9.65. The number of carbonyl (C=O) groups is 2. The quantitative estimate of drug-likeness (QED) is 0.813. The summed E-state index contributed by atoms with van der Waals surface area (Å²) in [7, 11) is 0. The number of nitrogens with zero attached hydrogens (tertiary/aromatic N) is 1. The van der Waals surface area contributed by atoms with Crippen molar-refractivity contribution in [2.75, 3.05) is 6.54 Å². The molecule has 5 heteroatoms. The summed E-state index contributed by atoms with van der Waals surface area (Å²) in [5.74, 6) is -0.846. The lowest BCUT2D eigenvalue weighted by Gasteiger charge is -2.38. The number of rotatable bonds is 6. The topological polar surface area (TPSA) is 70.8 Å². The van der Waals surface area contributed by atoms with Crippen LogP contribution < -0.4 is 0 Å². The molecule has 110 valence electrons. The van der Waals surface area contributed by atoms with Crippen LogP contribution in [0.5, 0.6) is 0 Å². The highest BCUT2D eigenvalue weighted by molar-refractivity contribution is 5.81. The Hall–Kier alpha value is -1.78. The molecule has 0 aliphatic carbocycles. The van der Waals surface area contributed by atoms with E-state index in [2.05, 4.69) is 6.92 Å². The fourth-order valence-corrected chi connectivity index (χ4v) is 2.82. The number of furan rings is 1. The summed E-state index contributed by atoms with van der Waals surface area (Å²) in [6.07, 6.45) is 5.20. The fourth-order valence-electron chi connectivity index (χ4n) is 2.82. The number of likely N-dealkylation sites (tertiary alicyclic amines) is 1. The van der Waals surface area contributed by atoms with Gasteiger partial charge in [0.15, 0.2) is 0 Å². The summed E-state index contributed by atoms with van der Waals surface area (Å²) in [6.45, 7) is 2.70. The monoisotopic (exact) mass is 279 g/mol. The molecular formula is C15H21NO4. The highest BCUT2D eigenvalue weighted by atomic mass is 16.4. The Morgan fingerprint density at radius 2 is 2.30 bits per heavy atom. The molecule has 1 aromatic rings. The van der Waals surface area contributed by atoms with Gasteiger partial charge in [-0.15, -0.1) is 0 Å². The molecule has 2 atom stereocenters. The first kappa shape index (κ1) is 14.6. The van der Waals surface area contributed by atoms with Crippen LogP contribution in [0.4, 0.5) is 0 Å². The number of aliphatic carboxylic acids is 1. The maximum absolute atomic E-state index is 12.2. The second-order valence-corrected chi connectivity index (χ2v) is 5.24. The number of hydrogen-bond donors (Lipinski definition) is 1. The second-order valence-electron chi connectivity index (χ2n) is 5.24.